The van der Waals surface area contributed by atoms with E-state index in [1.165, 1.54) is 34.5 Å². The van der Waals surface area contributed by atoms with Gasteiger partial charge in [-0.25, -0.2) is 17.8 Å². The summed E-state index contributed by atoms with van der Waals surface area (Å²) in [5, 5.41) is 6.27. The Morgan fingerprint density at radius 2 is 1.65 bits per heavy atom. The monoisotopic (exact) mass is 896 g/mol. The molecule has 0 aliphatic carbocycles. The maximum Gasteiger partial charge on any atom is 0.275 e. The van der Waals surface area contributed by atoms with E-state index in [0.29, 0.717) is 81.4 Å². The van der Waals surface area contributed by atoms with Gasteiger partial charge in [-0.15, -0.1) is 0 Å². The number of sulfonamides is 1. The van der Waals surface area contributed by atoms with Crippen molar-refractivity contribution >= 4 is 50.1 Å². The number of ether oxygens (including phenoxy) is 2. The number of benzene rings is 4. The van der Waals surface area contributed by atoms with Crippen LogP contribution in [0.5, 0.6) is 5.75 Å². The summed E-state index contributed by atoms with van der Waals surface area (Å²) in [5.41, 5.74) is 3.06. The van der Waals surface area contributed by atoms with Gasteiger partial charge < -0.3 is 19.3 Å². The van der Waals surface area contributed by atoms with E-state index < -0.39 is 15.9 Å². The fourth-order valence-electron chi connectivity index (χ4n) is 8.26. The summed E-state index contributed by atoms with van der Waals surface area (Å²) < 4.78 is 43.2. The van der Waals surface area contributed by atoms with Gasteiger partial charge in [0.1, 0.15) is 12.4 Å². The first kappa shape index (κ1) is 45.7. The molecule has 63 heavy (non-hydrogen) atoms. The topological polar surface area (TPSA) is 143 Å². The zero-order valence-electron chi connectivity index (χ0n) is 36.6. The lowest BCUT2D eigenvalue weighted by Gasteiger charge is -2.37. The third-order valence-electron chi connectivity index (χ3n) is 12.0. The van der Waals surface area contributed by atoms with E-state index >= 15 is 0 Å². The van der Waals surface area contributed by atoms with Gasteiger partial charge in [-0.1, -0.05) is 87.7 Å². The minimum Gasteiger partial charge on any atom is -0.492 e. The van der Waals surface area contributed by atoms with Gasteiger partial charge in [-0.3, -0.25) is 19.3 Å². The highest BCUT2D eigenvalue weighted by Crippen LogP contribution is 2.32. The highest BCUT2D eigenvalue weighted by atomic mass is 35.5. The standard InChI is InChI=1S/C48H57ClN6O7S/c1-5-8-21-53(22-9-6-2)48(58)45-44(49)33(4)55(50-45)42-20-18-36(30-41(42)47(57)54-32-37-14-11-10-13-35(37)29-38(54)7-3)46(56)51-63(59,60)39-19-17-34-15-12-16-43(40(34)31-39)62-28-25-52-23-26-61-27-24-52/h10-20,30-31,38H,5-9,21-29,32H2,1-4H3,(H,51,56)/t38-/m1/s1. The van der Waals surface area contributed by atoms with Gasteiger partial charge in [0.15, 0.2) is 5.69 Å². The van der Waals surface area contributed by atoms with E-state index in [1.807, 2.05) is 37.3 Å². The number of nitrogens with zero attached hydrogens (tertiary/aromatic N) is 5. The number of hydrogen-bond donors (Lipinski definition) is 1. The number of fused-ring (bicyclic) bond motifs is 2. The Hall–Kier alpha value is -5.28. The lowest BCUT2D eigenvalue weighted by Crippen LogP contribution is -2.44. The lowest BCUT2D eigenvalue weighted by atomic mass is 9.91. The number of halogens is 1. The van der Waals surface area contributed by atoms with Crippen LogP contribution in [0, 0.1) is 6.92 Å². The number of unbranched alkanes of at least 4 members (excludes halogenated alkanes) is 2. The van der Waals surface area contributed by atoms with Gasteiger partial charge in [-0.05, 0) is 85.5 Å². The molecule has 7 rings (SSSR count). The summed E-state index contributed by atoms with van der Waals surface area (Å²) in [5.74, 6) is -1.06. The first-order valence-corrected chi connectivity index (χ1v) is 23.9. The molecule has 0 spiro atoms. The molecule has 0 radical (unpaired) electrons. The van der Waals surface area contributed by atoms with Crippen molar-refractivity contribution in [1.82, 2.24) is 29.2 Å². The summed E-state index contributed by atoms with van der Waals surface area (Å²) >= 11 is 6.90. The maximum absolute atomic E-state index is 15.0. The Labute approximate surface area is 375 Å². The molecule has 1 aromatic heterocycles. The normalized spacial score (nSPS) is 15.6. The average molecular weight is 898 g/mol. The Balaban J connectivity index is 1.22. The molecule has 0 saturated carbocycles. The van der Waals surface area contributed by atoms with Crippen LogP contribution in [0.4, 0.5) is 0 Å². The Kier molecular flexibility index (Phi) is 14.9. The minimum atomic E-state index is -4.41. The smallest absolute Gasteiger partial charge is 0.275 e. The van der Waals surface area contributed by atoms with Crippen LogP contribution in [0.1, 0.15) is 101 Å². The molecule has 2 aliphatic heterocycles. The Morgan fingerprint density at radius 1 is 0.921 bits per heavy atom. The van der Waals surface area contributed by atoms with Crippen LogP contribution in [-0.2, 0) is 27.7 Å². The number of aromatic nitrogens is 2. The molecule has 0 bridgehead atoms. The van der Waals surface area contributed by atoms with Gasteiger partial charge in [0.2, 0.25) is 0 Å². The summed E-state index contributed by atoms with van der Waals surface area (Å²) in [7, 11) is -4.41. The average Bonchev–Trinajstić information content (AvgIpc) is 3.60. The lowest BCUT2D eigenvalue weighted by molar-refractivity contribution is 0.0323. The van der Waals surface area contributed by atoms with Gasteiger partial charge in [0.05, 0.1) is 40.1 Å². The number of carbonyl (C=O) groups excluding carboxylic acids is 3. The molecular weight excluding hydrogens is 840 g/mol. The van der Waals surface area contributed by atoms with E-state index in [4.69, 9.17) is 26.2 Å². The van der Waals surface area contributed by atoms with E-state index in [-0.39, 0.29) is 44.6 Å². The first-order chi connectivity index (χ1) is 30.4. The summed E-state index contributed by atoms with van der Waals surface area (Å²) in [6.45, 7) is 13.5. The fraction of sp³-hybridized carbons (Fsp3) is 0.417. The molecule has 2 aliphatic rings. The van der Waals surface area contributed by atoms with E-state index in [1.54, 1.807) is 34.9 Å². The summed E-state index contributed by atoms with van der Waals surface area (Å²) in [6.07, 6.45) is 4.81. The molecule has 3 heterocycles. The predicted octanol–water partition coefficient (Wildman–Crippen LogP) is 7.84. The van der Waals surface area contributed by atoms with E-state index in [2.05, 4.69) is 29.5 Å². The maximum atomic E-state index is 15.0. The van der Waals surface area contributed by atoms with Gasteiger partial charge in [0, 0.05) is 56.3 Å². The van der Waals surface area contributed by atoms with Crippen molar-refractivity contribution in [2.24, 2.45) is 0 Å². The number of carbonyl (C=O) groups is 3. The highest BCUT2D eigenvalue weighted by Gasteiger charge is 2.33. The molecule has 0 unspecified atom stereocenters. The van der Waals surface area contributed by atoms with Crippen LogP contribution in [0.15, 0.2) is 83.8 Å². The van der Waals surface area contributed by atoms with Crippen LogP contribution in [-0.4, -0.2) is 109 Å². The molecule has 1 fully saturated rings. The van der Waals surface area contributed by atoms with Crippen molar-refractivity contribution in [1.29, 1.82) is 0 Å². The number of rotatable bonds is 17. The van der Waals surface area contributed by atoms with Crippen molar-refractivity contribution in [2.75, 3.05) is 52.5 Å². The van der Waals surface area contributed by atoms with Gasteiger partial charge >= 0.3 is 0 Å². The first-order valence-electron chi connectivity index (χ1n) is 22.0. The number of nitrogens with one attached hydrogen (secondary N) is 1. The quantitative estimate of drug-likeness (QED) is 0.0988. The van der Waals surface area contributed by atoms with Gasteiger partial charge in [0.25, 0.3) is 27.7 Å². The third kappa shape index (κ3) is 10.3. The second-order valence-electron chi connectivity index (χ2n) is 16.2. The van der Waals surface area contributed by atoms with Crippen LogP contribution >= 0.6 is 11.6 Å². The largest absolute Gasteiger partial charge is 0.492 e. The molecule has 15 heteroatoms. The number of amides is 3. The number of hydrogen-bond acceptors (Lipinski definition) is 9. The van der Waals surface area contributed by atoms with Crippen molar-refractivity contribution in [3.63, 3.8) is 0 Å². The second-order valence-corrected chi connectivity index (χ2v) is 18.3. The Morgan fingerprint density at radius 3 is 2.37 bits per heavy atom. The van der Waals surface area contributed by atoms with E-state index in [0.717, 1.165) is 49.7 Å². The molecule has 3 amide bonds. The SMILES string of the molecule is CCCCN(CCCC)C(=O)c1nn(-c2ccc(C(=O)NS(=O)(=O)c3ccc4cccc(OCCN5CCOCC5)c4c3)cc2C(=O)N2Cc3ccccc3C[C@H]2CC)c(C)c1Cl. The summed E-state index contributed by atoms with van der Waals surface area (Å²) in [4.78, 5) is 48.7. The van der Waals surface area contributed by atoms with Crippen molar-refractivity contribution in [3.05, 3.63) is 118 Å². The Bertz CT molecular complexity index is 2570. The number of morpholine rings is 1. The fourth-order valence-corrected chi connectivity index (χ4v) is 9.46. The van der Waals surface area contributed by atoms with Crippen LogP contribution in [0.25, 0.3) is 16.5 Å². The molecule has 13 nitrogen and oxygen atoms in total. The molecule has 1 saturated heterocycles. The van der Waals surface area contributed by atoms with Crippen molar-refractivity contribution in [2.45, 2.75) is 83.7 Å². The third-order valence-corrected chi connectivity index (χ3v) is 13.8. The molecule has 334 valence electrons. The molecule has 1 N–H and O–H groups in total. The van der Waals surface area contributed by atoms with Crippen LogP contribution in [0.3, 0.4) is 0 Å². The zero-order valence-corrected chi connectivity index (χ0v) is 38.1. The predicted molar refractivity (Wildman–Crippen MR) is 244 cm³/mol. The van der Waals surface area contributed by atoms with E-state index in [9.17, 15) is 22.8 Å². The van der Waals surface area contributed by atoms with Crippen LogP contribution in [0.2, 0.25) is 5.02 Å². The molecular formula is C48H57ClN6O7S. The highest BCUT2D eigenvalue weighted by molar-refractivity contribution is 7.90. The minimum absolute atomic E-state index is 0.0541. The van der Waals surface area contributed by atoms with Gasteiger partial charge in [-0.2, -0.15) is 5.10 Å². The zero-order chi connectivity index (χ0) is 44.7. The molecule has 5 aromatic rings. The second kappa shape index (κ2) is 20.5. The van der Waals surface area contributed by atoms with Crippen molar-refractivity contribution < 1.29 is 32.3 Å². The van der Waals surface area contributed by atoms with Crippen LogP contribution < -0.4 is 9.46 Å². The molecule has 1 atom stereocenters. The summed E-state index contributed by atoms with van der Waals surface area (Å²) in [6, 6.07) is 22.4. The molecule has 4 aromatic carbocycles. The van der Waals surface area contributed by atoms with Crippen molar-refractivity contribution in [3.8, 4) is 11.4 Å².